The third kappa shape index (κ3) is 5.84. The van der Waals surface area contributed by atoms with Gasteiger partial charge in [-0.05, 0) is 66.0 Å². The number of aromatic carboxylic acids is 1. The minimum Gasteiger partial charge on any atom is -0.477 e. The average Bonchev–Trinajstić information content (AvgIpc) is 3.34. The predicted octanol–water partition coefficient (Wildman–Crippen LogP) is 8.09. The van der Waals surface area contributed by atoms with Gasteiger partial charge >= 0.3 is 5.97 Å². The molecule has 0 bridgehead atoms. The van der Waals surface area contributed by atoms with Crippen LogP contribution in [-0.4, -0.2) is 25.4 Å². The molecule has 0 atom stereocenters. The number of carboxylic acids is 1. The molecule has 0 saturated heterocycles. The maximum atomic E-state index is 10.1. The van der Waals surface area contributed by atoms with Crippen molar-refractivity contribution in [1.82, 2.24) is 14.4 Å². The summed E-state index contributed by atoms with van der Waals surface area (Å²) in [6, 6.07) is 27.9. The van der Waals surface area contributed by atoms with E-state index < -0.39 is 5.97 Å². The normalized spacial score (nSPS) is 11.2. The third-order valence-electron chi connectivity index (χ3n) is 6.79. The summed E-state index contributed by atoms with van der Waals surface area (Å²) in [5.41, 5.74) is 8.82. The molecule has 1 N–H and O–H groups in total. The fourth-order valence-corrected chi connectivity index (χ4v) is 5.22. The van der Waals surface area contributed by atoms with E-state index >= 15 is 0 Å². The van der Waals surface area contributed by atoms with Gasteiger partial charge in [0.15, 0.2) is 0 Å². The second kappa shape index (κ2) is 11.7. The Morgan fingerprint density at radius 3 is 2.30 bits per heavy atom. The van der Waals surface area contributed by atoms with Gasteiger partial charge in [0.1, 0.15) is 5.69 Å². The van der Waals surface area contributed by atoms with Gasteiger partial charge in [-0.3, -0.25) is 4.98 Å². The molecule has 6 rings (SSSR count). The number of rotatable bonds is 3. The van der Waals surface area contributed by atoms with Crippen molar-refractivity contribution in [3.8, 4) is 11.3 Å². The Morgan fingerprint density at radius 2 is 1.68 bits per heavy atom. The van der Waals surface area contributed by atoms with E-state index in [4.69, 9.17) is 10.1 Å². The third-order valence-corrected chi connectivity index (χ3v) is 6.79. The number of aromatic nitrogens is 3. The van der Waals surface area contributed by atoms with Crippen molar-refractivity contribution in [2.45, 2.75) is 41.0 Å². The summed E-state index contributed by atoms with van der Waals surface area (Å²) >= 11 is 0. The van der Waals surface area contributed by atoms with Crippen LogP contribution in [0.2, 0.25) is 0 Å². The quantitative estimate of drug-likeness (QED) is 0.149. The maximum Gasteiger partial charge on any atom is 0.354 e. The number of carboxylic acid groups (broad SMARTS) is 1. The molecule has 0 saturated carbocycles. The zero-order valence-corrected chi connectivity index (χ0v) is 25.7. The number of pyridine rings is 2. The topological polar surface area (TPSA) is 67.5 Å². The van der Waals surface area contributed by atoms with Crippen LogP contribution < -0.4 is 0 Å². The molecule has 205 valence electrons. The molecule has 5 nitrogen and oxygen atoms in total. The number of carbonyl (C=O) groups is 1. The van der Waals surface area contributed by atoms with Crippen LogP contribution in [0.25, 0.3) is 38.6 Å². The van der Waals surface area contributed by atoms with Crippen LogP contribution in [0.4, 0.5) is 0 Å². The van der Waals surface area contributed by atoms with Crippen molar-refractivity contribution in [2.24, 2.45) is 5.41 Å². The van der Waals surface area contributed by atoms with Gasteiger partial charge < -0.3 is 9.51 Å². The second-order valence-electron chi connectivity index (χ2n) is 11.1. The van der Waals surface area contributed by atoms with Crippen LogP contribution in [0.1, 0.15) is 48.0 Å². The van der Waals surface area contributed by atoms with Gasteiger partial charge in [0.25, 0.3) is 0 Å². The largest absolute Gasteiger partial charge is 0.477 e. The molecule has 3 heterocycles. The van der Waals surface area contributed by atoms with Gasteiger partial charge in [-0.15, -0.1) is 29.7 Å². The Balaban J connectivity index is 0.000000317. The Hall–Kier alpha value is -3.86. The first kappa shape index (κ1) is 29.1. The van der Waals surface area contributed by atoms with Gasteiger partial charge in [0, 0.05) is 43.6 Å². The van der Waals surface area contributed by atoms with E-state index in [1.165, 1.54) is 50.8 Å². The minimum absolute atomic E-state index is 0. The standard InChI is InChI=1S/C28H27N2.C6H5NO2.Ir/c1-18-9-8-10-19(2)26(18)25-17-29-27-22-12-7-6-11-21(22)23-15-20(16-28(3,4)5)13-14-24(23)30(25)27;8-6(9)5-3-1-2-4-7-5;/h6-11,13-15,17H,16H2,1-5H3;1-4H,(H,8,9);/q-1;;. The summed E-state index contributed by atoms with van der Waals surface area (Å²) in [5, 5.41) is 11.9. The molecule has 0 aliphatic heterocycles. The van der Waals surface area contributed by atoms with Crippen LogP contribution in [0.15, 0.2) is 85.2 Å². The molecule has 40 heavy (non-hydrogen) atoms. The first-order valence-corrected chi connectivity index (χ1v) is 13.1. The van der Waals surface area contributed by atoms with Gasteiger partial charge in [-0.2, -0.15) is 0 Å². The second-order valence-corrected chi connectivity index (χ2v) is 11.1. The van der Waals surface area contributed by atoms with Crippen LogP contribution in [-0.2, 0) is 26.5 Å². The van der Waals surface area contributed by atoms with E-state index in [1.54, 1.807) is 12.1 Å². The number of nitrogens with zero attached hydrogens (tertiary/aromatic N) is 3. The summed E-state index contributed by atoms with van der Waals surface area (Å²) in [5.74, 6) is -0.990. The van der Waals surface area contributed by atoms with Crippen LogP contribution in [0, 0.1) is 25.3 Å². The fraction of sp³-hybridized carbons (Fsp3) is 0.206. The molecule has 6 aromatic rings. The van der Waals surface area contributed by atoms with E-state index in [2.05, 4.69) is 98.6 Å². The molecule has 0 aliphatic carbocycles. The summed E-state index contributed by atoms with van der Waals surface area (Å²) < 4.78 is 2.32. The number of hydrogen-bond donors (Lipinski definition) is 1. The van der Waals surface area contributed by atoms with Crippen molar-refractivity contribution in [2.75, 3.05) is 0 Å². The maximum absolute atomic E-state index is 10.1. The monoisotopic (exact) mass is 707 g/mol. The first-order chi connectivity index (χ1) is 18.6. The van der Waals surface area contributed by atoms with E-state index in [9.17, 15) is 4.79 Å². The number of benzene rings is 3. The number of hydrogen-bond acceptors (Lipinski definition) is 3. The smallest absolute Gasteiger partial charge is 0.354 e. The summed E-state index contributed by atoms with van der Waals surface area (Å²) in [4.78, 5) is 18.6. The molecule has 1 radical (unpaired) electrons. The summed E-state index contributed by atoms with van der Waals surface area (Å²) in [6.07, 6.45) is 4.52. The van der Waals surface area contributed by atoms with E-state index in [-0.39, 0.29) is 31.2 Å². The van der Waals surface area contributed by atoms with E-state index in [1.807, 2.05) is 12.3 Å². The molecule has 0 fully saturated rings. The zero-order chi connectivity index (χ0) is 27.7. The molecule has 0 unspecified atom stereocenters. The molecule has 3 aromatic carbocycles. The van der Waals surface area contributed by atoms with Crippen molar-refractivity contribution >= 4 is 33.3 Å². The molecule has 6 heteroatoms. The number of imidazole rings is 1. The zero-order valence-electron chi connectivity index (χ0n) is 23.3. The molecular weight excluding hydrogens is 675 g/mol. The van der Waals surface area contributed by atoms with Crippen molar-refractivity contribution in [3.05, 3.63) is 114 Å². The molecular formula is C34H32IrN3O2-. The summed E-state index contributed by atoms with van der Waals surface area (Å²) in [7, 11) is 0. The predicted molar refractivity (Wildman–Crippen MR) is 158 cm³/mol. The average molecular weight is 707 g/mol. The number of fused-ring (bicyclic) bond motifs is 6. The Labute approximate surface area is 248 Å². The van der Waals surface area contributed by atoms with Crippen molar-refractivity contribution in [3.63, 3.8) is 0 Å². The molecule has 0 amide bonds. The molecule has 3 aromatic heterocycles. The van der Waals surface area contributed by atoms with Crippen LogP contribution in [0.3, 0.4) is 0 Å². The van der Waals surface area contributed by atoms with Gasteiger partial charge in [0.05, 0.1) is 11.3 Å². The van der Waals surface area contributed by atoms with Gasteiger partial charge in [0.2, 0.25) is 0 Å². The minimum atomic E-state index is -0.990. The summed E-state index contributed by atoms with van der Waals surface area (Å²) in [6.45, 7) is 11.2. The fourth-order valence-electron chi connectivity index (χ4n) is 5.22. The van der Waals surface area contributed by atoms with Crippen molar-refractivity contribution < 1.29 is 30.0 Å². The Kier molecular flexibility index (Phi) is 8.53. The SMILES string of the molecule is Cc1cccc(C)c1-c1cnc2c3[c-]cccc3c3cc(CC(C)(C)C)ccc3n12.O=C(O)c1ccccn1.[Ir]. The Morgan fingerprint density at radius 1 is 0.925 bits per heavy atom. The van der Waals surface area contributed by atoms with Crippen LogP contribution >= 0.6 is 0 Å². The van der Waals surface area contributed by atoms with Crippen molar-refractivity contribution in [1.29, 1.82) is 0 Å². The first-order valence-electron chi connectivity index (χ1n) is 13.1. The van der Waals surface area contributed by atoms with Crippen LogP contribution in [0.5, 0.6) is 0 Å². The molecule has 0 spiro atoms. The van der Waals surface area contributed by atoms with Gasteiger partial charge in [-0.1, -0.05) is 62.6 Å². The van der Waals surface area contributed by atoms with E-state index in [0.717, 1.165) is 23.1 Å². The van der Waals surface area contributed by atoms with Gasteiger partial charge in [-0.25, -0.2) is 9.78 Å². The Bertz CT molecular complexity index is 1800. The molecule has 0 aliphatic rings. The van der Waals surface area contributed by atoms with E-state index in [0.29, 0.717) is 0 Å². The number of aryl methyl sites for hydroxylation is 2.